The molecule has 4 heteroatoms. The van der Waals surface area contributed by atoms with Gasteiger partial charge in [0.2, 0.25) is 0 Å². The number of aryl methyl sites for hydroxylation is 1. The highest BCUT2D eigenvalue weighted by Crippen LogP contribution is 2.36. The van der Waals surface area contributed by atoms with E-state index in [0.717, 1.165) is 11.1 Å². The lowest BCUT2D eigenvalue weighted by Gasteiger charge is -2.34. The van der Waals surface area contributed by atoms with Crippen molar-refractivity contribution in [3.8, 4) is 5.75 Å². The smallest absolute Gasteiger partial charge is 0.251 e. The molecule has 0 unspecified atom stereocenters. The van der Waals surface area contributed by atoms with Crippen molar-refractivity contribution in [2.24, 2.45) is 0 Å². The van der Waals surface area contributed by atoms with Gasteiger partial charge < -0.3 is 15.2 Å². The number of ether oxygens (including phenoxy) is 1. The number of carbonyl (C=O) groups is 1. The predicted molar refractivity (Wildman–Crippen MR) is 84.0 cm³/mol. The number of amides is 1. The van der Waals surface area contributed by atoms with Crippen molar-refractivity contribution in [1.29, 1.82) is 0 Å². The number of aliphatic hydroxyl groups is 1. The lowest BCUT2D eigenvalue weighted by Crippen LogP contribution is -2.44. The molecule has 114 valence electrons. The molecule has 2 N–H and O–H groups in total. The first-order valence-electron chi connectivity index (χ1n) is 7.39. The number of para-hydroxylation sites is 1. The first-order valence-corrected chi connectivity index (χ1v) is 7.39. The molecule has 4 nitrogen and oxygen atoms in total. The van der Waals surface area contributed by atoms with Crippen molar-refractivity contribution >= 4 is 5.91 Å². The average molecular weight is 297 g/mol. The molecule has 0 saturated carbocycles. The van der Waals surface area contributed by atoms with Crippen LogP contribution in [0.4, 0.5) is 0 Å². The Kier molecular flexibility index (Phi) is 3.86. The highest BCUT2D eigenvalue weighted by molar-refractivity contribution is 5.95. The molecule has 1 aliphatic heterocycles. The highest BCUT2D eigenvalue weighted by Gasteiger charge is 2.35. The first-order chi connectivity index (χ1) is 10.6. The summed E-state index contributed by atoms with van der Waals surface area (Å²) in [6, 6.07) is 14.8. The van der Waals surface area contributed by atoms with E-state index >= 15 is 0 Å². The summed E-state index contributed by atoms with van der Waals surface area (Å²) in [5.74, 6) is 0.511. The summed E-state index contributed by atoms with van der Waals surface area (Å²) >= 11 is 0. The third-order valence-electron chi connectivity index (χ3n) is 4.09. The Hall–Kier alpha value is -2.33. The monoisotopic (exact) mass is 297 g/mol. The predicted octanol–water partition coefficient (Wildman–Crippen LogP) is 2.40. The van der Waals surface area contributed by atoms with E-state index in [1.807, 2.05) is 49.4 Å². The van der Waals surface area contributed by atoms with E-state index in [4.69, 9.17) is 4.74 Å². The quantitative estimate of drug-likeness (QED) is 0.914. The summed E-state index contributed by atoms with van der Waals surface area (Å²) in [6.07, 6.45) is 0.456. The van der Waals surface area contributed by atoms with Gasteiger partial charge in [-0.1, -0.05) is 36.4 Å². The minimum Gasteiger partial charge on any atom is -0.493 e. The molecule has 0 radical (unpaired) electrons. The van der Waals surface area contributed by atoms with Crippen LogP contribution in [0.5, 0.6) is 5.75 Å². The Morgan fingerprint density at radius 1 is 1.23 bits per heavy atom. The number of hydrogen-bond acceptors (Lipinski definition) is 3. The number of rotatable bonds is 3. The zero-order valence-corrected chi connectivity index (χ0v) is 12.5. The van der Waals surface area contributed by atoms with E-state index in [0.29, 0.717) is 24.3 Å². The molecule has 0 aromatic heterocycles. The van der Waals surface area contributed by atoms with Gasteiger partial charge in [-0.2, -0.15) is 0 Å². The molecule has 0 spiro atoms. The number of carbonyl (C=O) groups excluding carboxylic acids is 1. The molecule has 0 fully saturated rings. The zero-order chi connectivity index (χ0) is 15.6. The minimum atomic E-state index is -1.09. The van der Waals surface area contributed by atoms with E-state index in [1.165, 1.54) is 0 Å². The van der Waals surface area contributed by atoms with Crippen LogP contribution < -0.4 is 10.1 Å². The number of benzene rings is 2. The van der Waals surface area contributed by atoms with Crippen LogP contribution in [0.25, 0.3) is 0 Å². The summed E-state index contributed by atoms with van der Waals surface area (Å²) < 4.78 is 5.56. The Bertz CT molecular complexity index is 698. The molecule has 0 saturated heterocycles. The molecular formula is C18H19NO3. The zero-order valence-electron chi connectivity index (χ0n) is 12.5. The van der Waals surface area contributed by atoms with Crippen molar-refractivity contribution in [2.75, 3.05) is 13.2 Å². The van der Waals surface area contributed by atoms with Gasteiger partial charge in [0.25, 0.3) is 5.91 Å². The molecule has 1 amide bonds. The van der Waals surface area contributed by atoms with E-state index in [1.54, 1.807) is 6.07 Å². The van der Waals surface area contributed by atoms with Crippen molar-refractivity contribution in [3.05, 3.63) is 65.2 Å². The first kappa shape index (κ1) is 14.6. The Morgan fingerprint density at radius 3 is 2.77 bits per heavy atom. The fourth-order valence-corrected chi connectivity index (χ4v) is 2.77. The van der Waals surface area contributed by atoms with Gasteiger partial charge >= 0.3 is 0 Å². The van der Waals surface area contributed by atoms with Crippen LogP contribution in [-0.2, 0) is 5.60 Å². The van der Waals surface area contributed by atoms with Crippen molar-refractivity contribution in [3.63, 3.8) is 0 Å². The maximum atomic E-state index is 12.3. The third-order valence-corrected chi connectivity index (χ3v) is 4.09. The number of fused-ring (bicyclic) bond motifs is 1. The molecule has 2 aromatic rings. The van der Waals surface area contributed by atoms with Gasteiger partial charge in [-0.05, 0) is 24.6 Å². The fraction of sp³-hybridized carbons (Fsp3) is 0.278. The Morgan fingerprint density at radius 2 is 1.95 bits per heavy atom. The van der Waals surface area contributed by atoms with Crippen LogP contribution in [0, 0.1) is 6.92 Å². The van der Waals surface area contributed by atoms with Crippen molar-refractivity contribution in [2.45, 2.75) is 18.9 Å². The lowest BCUT2D eigenvalue weighted by atomic mass is 9.88. The standard InChI is InChI=1S/C18H19NO3/c1-13-6-2-3-7-14(13)17(20)19-12-18(21)10-11-22-16-9-5-4-8-15(16)18/h2-9,21H,10-12H2,1H3,(H,19,20)/t18-/m1/s1. The molecular weight excluding hydrogens is 278 g/mol. The second-order valence-electron chi connectivity index (χ2n) is 5.62. The summed E-state index contributed by atoms with van der Waals surface area (Å²) in [4.78, 5) is 12.3. The van der Waals surface area contributed by atoms with Gasteiger partial charge in [0.15, 0.2) is 0 Å². The molecule has 1 heterocycles. The molecule has 1 aliphatic rings. The van der Waals surface area contributed by atoms with Gasteiger partial charge in [0.05, 0.1) is 13.2 Å². The minimum absolute atomic E-state index is 0.167. The van der Waals surface area contributed by atoms with E-state index in [2.05, 4.69) is 5.32 Å². The average Bonchev–Trinajstić information content (AvgIpc) is 2.54. The normalized spacial score (nSPS) is 19.9. The van der Waals surface area contributed by atoms with Crippen LogP contribution >= 0.6 is 0 Å². The molecule has 22 heavy (non-hydrogen) atoms. The SMILES string of the molecule is Cc1ccccc1C(=O)NC[C@]1(O)CCOc2ccccc21. The third kappa shape index (κ3) is 2.70. The van der Waals surface area contributed by atoms with Gasteiger partial charge in [0, 0.05) is 17.5 Å². The van der Waals surface area contributed by atoms with Crippen LogP contribution in [0.1, 0.15) is 27.9 Å². The van der Waals surface area contributed by atoms with Crippen LogP contribution in [0.3, 0.4) is 0 Å². The second kappa shape index (κ2) is 5.81. The molecule has 2 aromatic carbocycles. The van der Waals surface area contributed by atoms with Crippen molar-refractivity contribution < 1.29 is 14.6 Å². The topological polar surface area (TPSA) is 58.6 Å². The maximum absolute atomic E-state index is 12.3. The summed E-state index contributed by atoms with van der Waals surface area (Å²) in [5.41, 5.74) is 1.19. The van der Waals surface area contributed by atoms with Crippen LogP contribution in [-0.4, -0.2) is 24.2 Å². The van der Waals surface area contributed by atoms with Crippen molar-refractivity contribution in [1.82, 2.24) is 5.32 Å². The van der Waals surface area contributed by atoms with E-state index < -0.39 is 5.60 Å². The van der Waals surface area contributed by atoms with Gasteiger partial charge in [-0.15, -0.1) is 0 Å². The molecule has 3 rings (SSSR count). The highest BCUT2D eigenvalue weighted by atomic mass is 16.5. The Balaban J connectivity index is 1.77. The number of hydrogen-bond donors (Lipinski definition) is 2. The molecule has 0 aliphatic carbocycles. The second-order valence-corrected chi connectivity index (χ2v) is 5.62. The maximum Gasteiger partial charge on any atom is 0.251 e. The van der Waals surface area contributed by atoms with E-state index in [9.17, 15) is 9.90 Å². The molecule has 1 atom stereocenters. The van der Waals surface area contributed by atoms with Crippen LogP contribution in [0.2, 0.25) is 0 Å². The van der Waals surface area contributed by atoms with E-state index in [-0.39, 0.29) is 12.5 Å². The van der Waals surface area contributed by atoms with Gasteiger partial charge in [-0.25, -0.2) is 0 Å². The Labute approximate surface area is 129 Å². The lowest BCUT2D eigenvalue weighted by molar-refractivity contribution is -0.00161. The number of nitrogens with one attached hydrogen (secondary N) is 1. The summed E-state index contributed by atoms with van der Waals surface area (Å²) in [6.45, 7) is 2.50. The van der Waals surface area contributed by atoms with Crippen LogP contribution in [0.15, 0.2) is 48.5 Å². The molecule has 0 bridgehead atoms. The largest absolute Gasteiger partial charge is 0.493 e. The fourth-order valence-electron chi connectivity index (χ4n) is 2.77. The summed E-state index contributed by atoms with van der Waals surface area (Å²) in [5, 5.41) is 13.7. The summed E-state index contributed by atoms with van der Waals surface area (Å²) in [7, 11) is 0. The van der Waals surface area contributed by atoms with Gasteiger partial charge in [0.1, 0.15) is 11.4 Å². The van der Waals surface area contributed by atoms with Gasteiger partial charge in [-0.3, -0.25) is 4.79 Å².